The zero-order valence-corrected chi connectivity index (χ0v) is 8.41. The van der Waals surface area contributed by atoms with E-state index < -0.39 is 0 Å². The Morgan fingerprint density at radius 1 is 1.31 bits per heavy atom. The average Bonchev–Trinajstić information content (AvgIpc) is 2.15. The maximum Gasteiger partial charge on any atom is 0.0659 e. The van der Waals surface area contributed by atoms with E-state index in [2.05, 4.69) is 24.1 Å². The van der Waals surface area contributed by atoms with Gasteiger partial charge in [-0.2, -0.15) is 0 Å². The van der Waals surface area contributed by atoms with Gasteiger partial charge in [0.25, 0.3) is 0 Å². The molecular formula is C12H15N. The zero-order valence-electron chi connectivity index (χ0n) is 8.41. The first kappa shape index (κ1) is 9.72. The summed E-state index contributed by atoms with van der Waals surface area (Å²) in [5.74, 6) is 0. The highest BCUT2D eigenvalue weighted by Gasteiger charge is 1.85. The number of allylic oxidation sites excluding steroid dienone is 2. The van der Waals surface area contributed by atoms with Gasteiger partial charge in [0.15, 0.2) is 0 Å². The summed E-state index contributed by atoms with van der Waals surface area (Å²) in [6.45, 7) is 6.07. The second-order valence-corrected chi connectivity index (χ2v) is 2.97. The van der Waals surface area contributed by atoms with Crippen LogP contribution in [-0.2, 0) is 0 Å². The summed E-state index contributed by atoms with van der Waals surface area (Å²) in [6, 6.07) is 2.14. The van der Waals surface area contributed by atoms with Crippen molar-refractivity contribution in [3.63, 3.8) is 0 Å². The van der Waals surface area contributed by atoms with Gasteiger partial charge in [0, 0.05) is 11.4 Å². The van der Waals surface area contributed by atoms with Crippen LogP contribution in [0.4, 0.5) is 0 Å². The van der Waals surface area contributed by atoms with Crippen molar-refractivity contribution in [2.45, 2.75) is 20.8 Å². The standard InChI is InChI=1S/C12H15N/c1-4-6-7-11-8-10(3)9-13-12(11)5-2/h4-9H,1-3H3/b6-4-,11-7-,12-5+. The van der Waals surface area contributed by atoms with Crippen molar-refractivity contribution in [1.29, 1.82) is 0 Å². The summed E-state index contributed by atoms with van der Waals surface area (Å²) in [5.41, 5.74) is 1.20. The van der Waals surface area contributed by atoms with Crippen LogP contribution in [0.15, 0.2) is 24.4 Å². The van der Waals surface area contributed by atoms with E-state index in [1.807, 2.05) is 38.3 Å². The minimum atomic E-state index is 1.05. The highest BCUT2D eigenvalue weighted by Crippen LogP contribution is 1.83. The molecule has 0 saturated heterocycles. The number of aryl methyl sites for hydroxylation is 1. The van der Waals surface area contributed by atoms with Crippen LogP contribution in [0.2, 0.25) is 0 Å². The third-order valence-electron chi connectivity index (χ3n) is 1.83. The van der Waals surface area contributed by atoms with Gasteiger partial charge in [-0.15, -0.1) is 0 Å². The van der Waals surface area contributed by atoms with Gasteiger partial charge in [0.2, 0.25) is 0 Å². The Kier molecular flexibility index (Phi) is 3.44. The topological polar surface area (TPSA) is 12.9 Å². The highest BCUT2D eigenvalue weighted by molar-refractivity contribution is 5.38. The van der Waals surface area contributed by atoms with Gasteiger partial charge in [-0.1, -0.05) is 24.3 Å². The van der Waals surface area contributed by atoms with Crippen LogP contribution in [0.3, 0.4) is 0 Å². The molecule has 0 saturated carbocycles. The molecule has 0 atom stereocenters. The molecule has 0 spiro atoms. The molecular weight excluding hydrogens is 158 g/mol. The summed E-state index contributed by atoms with van der Waals surface area (Å²) in [4.78, 5) is 4.33. The van der Waals surface area contributed by atoms with Crippen molar-refractivity contribution in [2.24, 2.45) is 0 Å². The van der Waals surface area contributed by atoms with Crippen molar-refractivity contribution < 1.29 is 0 Å². The first-order chi connectivity index (χ1) is 6.27. The van der Waals surface area contributed by atoms with E-state index in [0.29, 0.717) is 0 Å². The number of nitrogens with zero attached hydrogens (tertiary/aromatic N) is 1. The van der Waals surface area contributed by atoms with E-state index in [0.717, 1.165) is 5.35 Å². The van der Waals surface area contributed by atoms with Gasteiger partial charge in [-0.05, 0) is 32.4 Å². The summed E-state index contributed by atoms with van der Waals surface area (Å²) >= 11 is 0. The van der Waals surface area contributed by atoms with E-state index in [1.165, 1.54) is 10.8 Å². The Hall–Kier alpha value is -1.37. The molecule has 0 bridgehead atoms. The van der Waals surface area contributed by atoms with Crippen molar-refractivity contribution in [1.82, 2.24) is 4.98 Å². The van der Waals surface area contributed by atoms with E-state index in [9.17, 15) is 0 Å². The summed E-state index contributed by atoms with van der Waals surface area (Å²) in [6.07, 6.45) is 10.0. The van der Waals surface area contributed by atoms with E-state index in [1.54, 1.807) is 0 Å². The molecule has 0 unspecified atom stereocenters. The lowest BCUT2D eigenvalue weighted by molar-refractivity contribution is 1.18. The fourth-order valence-electron chi connectivity index (χ4n) is 1.18. The number of pyridine rings is 1. The van der Waals surface area contributed by atoms with Gasteiger partial charge in [-0.25, -0.2) is 0 Å². The predicted molar refractivity (Wildman–Crippen MR) is 57.6 cm³/mol. The lowest BCUT2D eigenvalue weighted by atomic mass is 10.2. The van der Waals surface area contributed by atoms with E-state index in [-0.39, 0.29) is 0 Å². The summed E-state index contributed by atoms with van der Waals surface area (Å²) in [5, 5.41) is 2.23. The zero-order chi connectivity index (χ0) is 9.68. The van der Waals surface area contributed by atoms with Crippen LogP contribution in [0.25, 0.3) is 12.2 Å². The molecule has 0 N–H and O–H groups in total. The van der Waals surface area contributed by atoms with E-state index in [4.69, 9.17) is 0 Å². The molecule has 0 aliphatic rings. The van der Waals surface area contributed by atoms with Crippen molar-refractivity contribution in [2.75, 3.05) is 0 Å². The molecule has 1 aromatic rings. The normalized spacial score (nSPS) is 14.4. The number of hydrogen-bond acceptors (Lipinski definition) is 1. The molecule has 0 radical (unpaired) electrons. The van der Waals surface area contributed by atoms with Gasteiger partial charge >= 0.3 is 0 Å². The molecule has 0 aliphatic heterocycles. The smallest absolute Gasteiger partial charge is 0.0659 e. The van der Waals surface area contributed by atoms with Gasteiger partial charge in [-0.3, -0.25) is 4.98 Å². The number of hydrogen-bond donors (Lipinski definition) is 0. The van der Waals surface area contributed by atoms with Crippen LogP contribution in [0.1, 0.15) is 19.4 Å². The molecule has 0 aromatic carbocycles. The van der Waals surface area contributed by atoms with E-state index >= 15 is 0 Å². The summed E-state index contributed by atoms with van der Waals surface area (Å²) < 4.78 is 0. The molecule has 1 rings (SSSR count). The highest BCUT2D eigenvalue weighted by atomic mass is 14.6. The predicted octanol–water partition coefficient (Wildman–Crippen LogP) is 1.55. The second-order valence-electron chi connectivity index (χ2n) is 2.97. The molecule has 1 nitrogen and oxygen atoms in total. The second kappa shape index (κ2) is 4.61. The van der Waals surface area contributed by atoms with Crippen molar-refractivity contribution >= 4 is 12.2 Å². The Morgan fingerprint density at radius 3 is 2.69 bits per heavy atom. The molecule has 0 aliphatic carbocycles. The Morgan fingerprint density at radius 2 is 2.08 bits per heavy atom. The Bertz CT molecular complexity index is 413. The van der Waals surface area contributed by atoms with Gasteiger partial charge in [0.05, 0.1) is 5.35 Å². The van der Waals surface area contributed by atoms with Crippen LogP contribution < -0.4 is 10.6 Å². The Balaban J connectivity index is 3.41. The molecule has 1 aromatic heterocycles. The largest absolute Gasteiger partial charge is 0.256 e. The maximum atomic E-state index is 4.33. The molecule has 1 heteroatoms. The molecule has 0 amide bonds. The van der Waals surface area contributed by atoms with Gasteiger partial charge < -0.3 is 0 Å². The number of rotatable bonds is 1. The van der Waals surface area contributed by atoms with Crippen molar-refractivity contribution in [3.05, 3.63) is 40.5 Å². The minimum absolute atomic E-state index is 1.05. The Labute approximate surface area is 79.1 Å². The minimum Gasteiger partial charge on any atom is -0.256 e. The molecule has 13 heavy (non-hydrogen) atoms. The lowest BCUT2D eigenvalue weighted by Gasteiger charge is -1.91. The fraction of sp³-hybridized carbons (Fsp3) is 0.250. The SMILES string of the molecule is C\C=C/C=c1/cc(C)cn/c1=C/C. The van der Waals surface area contributed by atoms with Crippen LogP contribution >= 0.6 is 0 Å². The van der Waals surface area contributed by atoms with Crippen LogP contribution in [0.5, 0.6) is 0 Å². The van der Waals surface area contributed by atoms with Crippen LogP contribution in [-0.4, -0.2) is 4.98 Å². The first-order valence-electron chi connectivity index (χ1n) is 4.50. The van der Waals surface area contributed by atoms with Crippen molar-refractivity contribution in [3.8, 4) is 0 Å². The molecule has 68 valence electrons. The summed E-state index contributed by atoms with van der Waals surface area (Å²) in [7, 11) is 0. The fourth-order valence-corrected chi connectivity index (χ4v) is 1.18. The third kappa shape index (κ3) is 2.55. The first-order valence-corrected chi connectivity index (χ1v) is 4.50. The molecule has 1 heterocycles. The third-order valence-corrected chi connectivity index (χ3v) is 1.83. The monoisotopic (exact) mass is 173 g/mol. The number of aromatic nitrogens is 1. The van der Waals surface area contributed by atoms with Crippen LogP contribution in [0, 0.1) is 6.92 Å². The molecule has 0 fully saturated rings. The lowest BCUT2D eigenvalue weighted by Crippen LogP contribution is -2.27. The maximum absolute atomic E-state index is 4.33. The average molecular weight is 173 g/mol. The van der Waals surface area contributed by atoms with Gasteiger partial charge in [0.1, 0.15) is 0 Å². The quantitative estimate of drug-likeness (QED) is 0.628.